The molecule has 0 saturated carbocycles. The van der Waals surface area contributed by atoms with Gasteiger partial charge in [0.15, 0.2) is 0 Å². The van der Waals surface area contributed by atoms with Gasteiger partial charge in [0.2, 0.25) is 0 Å². The lowest BCUT2D eigenvalue weighted by Gasteiger charge is -2.07. The summed E-state index contributed by atoms with van der Waals surface area (Å²) < 4.78 is 5.37. The normalized spacial score (nSPS) is 10.7. The van der Waals surface area contributed by atoms with Crippen LogP contribution in [-0.2, 0) is 12.8 Å². The number of rotatable bonds is 4. The molecule has 0 bridgehead atoms. The zero-order valence-electron chi connectivity index (χ0n) is 11.4. The first-order chi connectivity index (χ1) is 9.86. The van der Waals surface area contributed by atoms with E-state index >= 15 is 0 Å². The van der Waals surface area contributed by atoms with Gasteiger partial charge in [0.05, 0.1) is 23.8 Å². The number of aryl methyl sites for hydroxylation is 2. The molecule has 2 aromatic carbocycles. The minimum absolute atomic E-state index is 0.859. The molecule has 0 N–H and O–H groups in total. The van der Waals surface area contributed by atoms with Crippen LogP contribution in [0.2, 0.25) is 0 Å². The van der Waals surface area contributed by atoms with Crippen molar-refractivity contribution >= 4 is 11.0 Å². The van der Waals surface area contributed by atoms with Gasteiger partial charge < -0.3 is 4.74 Å². The Bertz CT molecular complexity index is 725. The van der Waals surface area contributed by atoms with E-state index in [1.54, 1.807) is 7.11 Å². The molecule has 0 spiro atoms. The van der Waals surface area contributed by atoms with E-state index < -0.39 is 0 Å². The minimum Gasteiger partial charge on any atom is -0.496 e. The van der Waals surface area contributed by atoms with Gasteiger partial charge in [-0.2, -0.15) is 0 Å². The molecule has 3 nitrogen and oxygen atoms in total. The van der Waals surface area contributed by atoms with E-state index in [9.17, 15) is 0 Å². The molecule has 0 radical (unpaired) electrons. The first kappa shape index (κ1) is 12.6. The largest absolute Gasteiger partial charge is 0.496 e. The molecule has 3 aromatic rings. The van der Waals surface area contributed by atoms with Crippen molar-refractivity contribution in [2.24, 2.45) is 0 Å². The van der Waals surface area contributed by atoms with Crippen molar-refractivity contribution < 1.29 is 4.74 Å². The molecule has 0 aliphatic rings. The quantitative estimate of drug-likeness (QED) is 0.724. The Morgan fingerprint density at radius 3 is 2.50 bits per heavy atom. The van der Waals surface area contributed by atoms with Crippen LogP contribution in [0.5, 0.6) is 5.75 Å². The predicted octanol–water partition coefficient (Wildman–Crippen LogP) is 3.42. The zero-order valence-corrected chi connectivity index (χ0v) is 11.4. The molecule has 0 fully saturated rings. The fraction of sp³-hybridized carbons (Fsp3) is 0.176. The highest BCUT2D eigenvalue weighted by Gasteiger charge is 2.04. The molecule has 0 unspecified atom stereocenters. The molecular weight excluding hydrogens is 248 g/mol. The standard InChI is InChI=1S/C17H16N2O/c1-20-17-9-5-2-6-13(17)10-11-14-12-18-15-7-3-4-8-16(15)19-14/h2-9,12H,10-11H2,1H3. The predicted molar refractivity (Wildman–Crippen MR) is 79.9 cm³/mol. The summed E-state index contributed by atoms with van der Waals surface area (Å²) in [7, 11) is 1.70. The second-order valence-electron chi connectivity index (χ2n) is 4.66. The molecule has 0 amide bonds. The molecular formula is C17H16N2O. The number of aromatic nitrogens is 2. The average molecular weight is 264 g/mol. The van der Waals surface area contributed by atoms with Crippen molar-refractivity contribution in [1.82, 2.24) is 9.97 Å². The third-order valence-electron chi connectivity index (χ3n) is 3.34. The number of methoxy groups -OCH3 is 1. The van der Waals surface area contributed by atoms with Gasteiger partial charge >= 0.3 is 0 Å². The van der Waals surface area contributed by atoms with Gasteiger partial charge in [-0.15, -0.1) is 0 Å². The van der Waals surface area contributed by atoms with Crippen molar-refractivity contribution in [3.63, 3.8) is 0 Å². The monoisotopic (exact) mass is 264 g/mol. The maximum atomic E-state index is 5.37. The van der Waals surface area contributed by atoms with Crippen LogP contribution in [0.15, 0.2) is 54.7 Å². The SMILES string of the molecule is COc1ccccc1CCc1cnc2ccccc2n1. The molecule has 0 aliphatic carbocycles. The van der Waals surface area contributed by atoms with Gasteiger partial charge in [-0.05, 0) is 36.6 Å². The van der Waals surface area contributed by atoms with E-state index in [1.807, 2.05) is 48.7 Å². The third kappa shape index (κ3) is 2.62. The Kier molecular flexibility index (Phi) is 3.59. The minimum atomic E-state index is 0.859. The summed E-state index contributed by atoms with van der Waals surface area (Å²) in [5, 5.41) is 0. The maximum Gasteiger partial charge on any atom is 0.122 e. The number of hydrogen-bond donors (Lipinski definition) is 0. The van der Waals surface area contributed by atoms with Crippen molar-refractivity contribution in [3.8, 4) is 5.75 Å². The number of fused-ring (bicyclic) bond motifs is 1. The van der Waals surface area contributed by atoms with Crippen LogP contribution in [0, 0.1) is 0 Å². The van der Waals surface area contributed by atoms with Gasteiger partial charge in [0.1, 0.15) is 5.75 Å². The molecule has 0 saturated heterocycles. The van der Waals surface area contributed by atoms with Gasteiger partial charge in [-0.1, -0.05) is 30.3 Å². The first-order valence-electron chi connectivity index (χ1n) is 6.69. The van der Waals surface area contributed by atoms with E-state index in [-0.39, 0.29) is 0 Å². The van der Waals surface area contributed by atoms with Crippen molar-refractivity contribution in [2.75, 3.05) is 7.11 Å². The van der Waals surface area contributed by atoms with E-state index in [2.05, 4.69) is 16.0 Å². The lowest BCUT2D eigenvalue weighted by atomic mass is 10.1. The Morgan fingerprint density at radius 1 is 0.900 bits per heavy atom. The van der Waals surface area contributed by atoms with Crippen LogP contribution in [0.3, 0.4) is 0 Å². The van der Waals surface area contributed by atoms with Crippen LogP contribution in [0.25, 0.3) is 11.0 Å². The number of benzene rings is 2. The highest BCUT2D eigenvalue weighted by molar-refractivity contribution is 5.73. The number of nitrogens with zero attached hydrogens (tertiary/aromatic N) is 2. The Hall–Kier alpha value is -2.42. The number of hydrogen-bond acceptors (Lipinski definition) is 3. The molecule has 20 heavy (non-hydrogen) atoms. The van der Waals surface area contributed by atoms with Crippen LogP contribution >= 0.6 is 0 Å². The smallest absolute Gasteiger partial charge is 0.122 e. The van der Waals surface area contributed by atoms with Crippen molar-refractivity contribution in [1.29, 1.82) is 0 Å². The van der Waals surface area contributed by atoms with Crippen LogP contribution in [0.1, 0.15) is 11.3 Å². The van der Waals surface area contributed by atoms with Crippen LogP contribution in [0.4, 0.5) is 0 Å². The summed E-state index contributed by atoms with van der Waals surface area (Å²) in [5.41, 5.74) is 4.10. The molecule has 0 aliphatic heterocycles. The molecule has 0 atom stereocenters. The van der Waals surface area contributed by atoms with E-state index in [0.29, 0.717) is 0 Å². The van der Waals surface area contributed by atoms with Gasteiger partial charge in [0.25, 0.3) is 0 Å². The van der Waals surface area contributed by atoms with Crippen molar-refractivity contribution in [3.05, 3.63) is 66.0 Å². The van der Waals surface area contributed by atoms with Crippen molar-refractivity contribution in [2.45, 2.75) is 12.8 Å². The van der Waals surface area contributed by atoms with E-state index in [4.69, 9.17) is 4.74 Å². The Balaban J connectivity index is 1.79. The molecule has 3 heteroatoms. The molecule has 1 aromatic heterocycles. The van der Waals surface area contributed by atoms with E-state index in [0.717, 1.165) is 35.3 Å². The molecule has 3 rings (SSSR count). The topological polar surface area (TPSA) is 35.0 Å². The molecule has 100 valence electrons. The van der Waals surface area contributed by atoms with Gasteiger partial charge in [0, 0.05) is 6.20 Å². The average Bonchev–Trinajstić information content (AvgIpc) is 2.53. The summed E-state index contributed by atoms with van der Waals surface area (Å²) in [4.78, 5) is 9.08. The summed E-state index contributed by atoms with van der Waals surface area (Å²) >= 11 is 0. The zero-order chi connectivity index (χ0) is 13.8. The second-order valence-corrected chi connectivity index (χ2v) is 4.66. The maximum absolute atomic E-state index is 5.37. The fourth-order valence-corrected chi connectivity index (χ4v) is 2.29. The van der Waals surface area contributed by atoms with Crippen LogP contribution < -0.4 is 4.74 Å². The highest BCUT2D eigenvalue weighted by atomic mass is 16.5. The van der Waals surface area contributed by atoms with Gasteiger partial charge in [-0.3, -0.25) is 4.98 Å². The highest BCUT2D eigenvalue weighted by Crippen LogP contribution is 2.19. The summed E-state index contributed by atoms with van der Waals surface area (Å²) in [5.74, 6) is 0.932. The lowest BCUT2D eigenvalue weighted by Crippen LogP contribution is -1.98. The Morgan fingerprint density at radius 2 is 1.65 bits per heavy atom. The number of para-hydroxylation sites is 3. The lowest BCUT2D eigenvalue weighted by molar-refractivity contribution is 0.409. The fourth-order valence-electron chi connectivity index (χ4n) is 2.29. The van der Waals surface area contributed by atoms with Crippen LogP contribution in [-0.4, -0.2) is 17.1 Å². The van der Waals surface area contributed by atoms with E-state index in [1.165, 1.54) is 5.56 Å². The summed E-state index contributed by atoms with van der Waals surface area (Å²) in [6.07, 6.45) is 3.62. The summed E-state index contributed by atoms with van der Waals surface area (Å²) in [6, 6.07) is 16.0. The van der Waals surface area contributed by atoms with Gasteiger partial charge in [-0.25, -0.2) is 4.98 Å². The first-order valence-corrected chi connectivity index (χ1v) is 6.69. The second kappa shape index (κ2) is 5.70. The molecule has 1 heterocycles. The number of ether oxygens (including phenoxy) is 1. The Labute approximate surface area is 118 Å². The third-order valence-corrected chi connectivity index (χ3v) is 3.34. The summed E-state index contributed by atoms with van der Waals surface area (Å²) in [6.45, 7) is 0.